The van der Waals surface area contributed by atoms with Gasteiger partial charge in [-0.2, -0.15) is 0 Å². The zero-order chi connectivity index (χ0) is 15.9. The number of halogens is 1. The maximum Gasteiger partial charge on any atom is 0.230 e. The molecular weight excluding hydrogens is 334 g/mol. The second-order valence-corrected chi connectivity index (χ2v) is 5.89. The maximum atomic E-state index is 11.8. The molecule has 23 heavy (non-hydrogen) atoms. The molecule has 1 heterocycles. The predicted octanol–water partition coefficient (Wildman–Crippen LogP) is 3.55. The number of amides is 1. The van der Waals surface area contributed by atoms with E-state index in [1.807, 2.05) is 29.6 Å². The number of carbonyl (C=O) groups is 1. The lowest BCUT2D eigenvalue weighted by Gasteiger charge is -2.07. The maximum absolute atomic E-state index is 11.8. The van der Waals surface area contributed by atoms with E-state index in [1.165, 1.54) is 11.3 Å². The Morgan fingerprint density at radius 1 is 1.39 bits per heavy atom. The highest BCUT2D eigenvalue weighted by Gasteiger charge is 2.13. The van der Waals surface area contributed by atoms with Crippen LogP contribution in [0.2, 0.25) is 0 Å². The number of nitrogens with two attached hydrogens (primary N) is 1. The molecule has 0 aliphatic heterocycles. The highest BCUT2D eigenvalue weighted by atomic mass is 35.5. The van der Waals surface area contributed by atoms with E-state index in [1.54, 1.807) is 6.92 Å². The van der Waals surface area contributed by atoms with Gasteiger partial charge >= 0.3 is 0 Å². The lowest BCUT2D eigenvalue weighted by molar-refractivity contribution is -0.119. The molecule has 1 aromatic heterocycles. The van der Waals surface area contributed by atoms with Crippen LogP contribution in [0, 0.1) is 5.92 Å². The van der Waals surface area contributed by atoms with E-state index in [4.69, 9.17) is 10.5 Å². The molecule has 7 heteroatoms. The van der Waals surface area contributed by atoms with Crippen LogP contribution in [0.1, 0.15) is 20.3 Å². The summed E-state index contributed by atoms with van der Waals surface area (Å²) < 4.78 is 5.56. The van der Waals surface area contributed by atoms with Crippen molar-refractivity contribution < 1.29 is 9.53 Å². The van der Waals surface area contributed by atoms with Crippen molar-refractivity contribution in [1.29, 1.82) is 0 Å². The Bertz CT molecular complexity index is 616. The second-order valence-electron chi connectivity index (χ2n) is 5.04. The van der Waals surface area contributed by atoms with Gasteiger partial charge in [-0.15, -0.1) is 23.7 Å². The Morgan fingerprint density at radius 2 is 2.09 bits per heavy atom. The number of ether oxygens (including phenoxy) is 1. The number of rotatable bonds is 7. The average Bonchev–Trinajstić information content (AvgIpc) is 3.01. The monoisotopic (exact) mass is 355 g/mol. The van der Waals surface area contributed by atoms with Gasteiger partial charge in [0, 0.05) is 23.4 Å². The van der Waals surface area contributed by atoms with E-state index < -0.39 is 0 Å². The molecular formula is C16H22ClN3O2S. The summed E-state index contributed by atoms with van der Waals surface area (Å²) in [5, 5.41) is 5.30. The number of nitrogens with zero attached hydrogens (tertiary/aromatic N) is 1. The summed E-state index contributed by atoms with van der Waals surface area (Å²) >= 11 is 1.40. The standard InChI is InChI=1S/C16H21N3O2S.ClH/c1-3-8-21-13-6-4-12(5-7-13)14-10-22-16(18-14)19-15(20)11(2)9-17;/h4-7,10-11H,3,8-9,17H2,1-2H3,(H,18,19,20);1H. The summed E-state index contributed by atoms with van der Waals surface area (Å²) in [5.41, 5.74) is 7.31. The van der Waals surface area contributed by atoms with Crippen molar-refractivity contribution in [2.24, 2.45) is 11.7 Å². The van der Waals surface area contributed by atoms with Crippen LogP contribution in [0.5, 0.6) is 5.75 Å². The van der Waals surface area contributed by atoms with Gasteiger partial charge in [0.2, 0.25) is 5.91 Å². The van der Waals surface area contributed by atoms with Crippen LogP contribution in [0.15, 0.2) is 29.6 Å². The molecule has 5 nitrogen and oxygen atoms in total. The van der Waals surface area contributed by atoms with Crippen molar-refractivity contribution in [1.82, 2.24) is 4.98 Å². The van der Waals surface area contributed by atoms with Crippen LogP contribution in [-0.2, 0) is 4.79 Å². The first-order chi connectivity index (χ1) is 10.6. The summed E-state index contributed by atoms with van der Waals surface area (Å²) in [6, 6.07) is 7.79. The fraction of sp³-hybridized carbons (Fsp3) is 0.375. The Morgan fingerprint density at radius 3 is 2.70 bits per heavy atom. The van der Waals surface area contributed by atoms with Crippen LogP contribution >= 0.6 is 23.7 Å². The number of benzene rings is 1. The van der Waals surface area contributed by atoms with Crippen LogP contribution < -0.4 is 15.8 Å². The molecule has 0 aliphatic carbocycles. The first kappa shape index (κ1) is 19.4. The highest BCUT2D eigenvalue weighted by Crippen LogP contribution is 2.26. The highest BCUT2D eigenvalue weighted by molar-refractivity contribution is 7.14. The summed E-state index contributed by atoms with van der Waals surface area (Å²) in [7, 11) is 0. The molecule has 0 saturated carbocycles. The zero-order valence-electron chi connectivity index (χ0n) is 13.2. The van der Waals surface area contributed by atoms with Gasteiger partial charge in [0.25, 0.3) is 0 Å². The van der Waals surface area contributed by atoms with E-state index >= 15 is 0 Å². The van der Waals surface area contributed by atoms with Crippen molar-refractivity contribution in [3.63, 3.8) is 0 Å². The van der Waals surface area contributed by atoms with Crippen molar-refractivity contribution >= 4 is 34.8 Å². The minimum absolute atomic E-state index is 0. The van der Waals surface area contributed by atoms with Crippen LogP contribution in [0.4, 0.5) is 5.13 Å². The van der Waals surface area contributed by atoms with E-state index in [2.05, 4.69) is 17.2 Å². The molecule has 0 bridgehead atoms. The fourth-order valence-electron chi connectivity index (χ4n) is 1.74. The minimum atomic E-state index is -0.220. The molecule has 126 valence electrons. The fourth-order valence-corrected chi connectivity index (χ4v) is 2.46. The van der Waals surface area contributed by atoms with Crippen molar-refractivity contribution in [2.75, 3.05) is 18.5 Å². The third-order valence-corrected chi connectivity index (χ3v) is 3.92. The number of thiazole rings is 1. The van der Waals surface area contributed by atoms with E-state index in [0.29, 0.717) is 18.3 Å². The molecule has 0 spiro atoms. The molecule has 0 fully saturated rings. The third-order valence-electron chi connectivity index (χ3n) is 3.16. The molecule has 1 aromatic carbocycles. The molecule has 1 atom stereocenters. The largest absolute Gasteiger partial charge is 0.494 e. The Balaban J connectivity index is 0.00000264. The number of carbonyl (C=O) groups excluding carboxylic acids is 1. The third kappa shape index (κ3) is 5.49. The Hall–Kier alpha value is -1.63. The second kappa shape index (κ2) is 9.50. The lowest BCUT2D eigenvalue weighted by Crippen LogP contribution is -2.26. The summed E-state index contributed by atoms with van der Waals surface area (Å²) in [4.78, 5) is 16.2. The summed E-state index contributed by atoms with van der Waals surface area (Å²) in [5.74, 6) is 0.528. The minimum Gasteiger partial charge on any atom is -0.494 e. The van der Waals surface area contributed by atoms with Gasteiger partial charge in [0.15, 0.2) is 5.13 Å². The topological polar surface area (TPSA) is 77.2 Å². The number of hydrogen-bond donors (Lipinski definition) is 2. The van der Waals surface area contributed by atoms with E-state index in [9.17, 15) is 4.79 Å². The predicted molar refractivity (Wildman–Crippen MR) is 97.4 cm³/mol. The SMILES string of the molecule is CCCOc1ccc(-c2csc(NC(=O)C(C)CN)n2)cc1.Cl. The lowest BCUT2D eigenvalue weighted by atomic mass is 10.2. The van der Waals surface area contributed by atoms with Gasteiger partial charge in [-0.1, -0.05) is 13.8 Å². The van der Waals surface area contributed by atoms with E-state index in [0.717, 1.165) is 23.4 Å². The van der Waals surface area contributed by atoms with Crippen LogP contribution in [0.25, 0.3) is 11.3 Å². The molecule has 0 radical (unpaired) electrons. The van der Waals surface area contributed by atoms with Gasteiger partial charge in [-0.05, 0) is 30.7 Å². The number of hydrogen-bond acceptors (Lipinski definition) is 5. The molecule has 0 saturated heterocycles. The van der Waals surface area contributed by atoms with Gasteiger partial charge in [0.05, 0.1) is 12.3 Å². The molecule has 1 unspecified atom stereocenters. The quantitative estimate of drug-likeness (QED) is 0.796. The zero-order valence-corrected chi connectivity index (χ0v) is 14.9. The first-order valence-electron chi connectivity index (χ1n) is 7.33. The van der Waals surface area contributed by atoms with Crippen molar-refractivity contribution in [3.8, 4) is 17.0 Å². The number of aromatic nitrogens is 1. The molecule has 2 aromatic rings. The molecule has 1 amide bonds. The van der Waals surface area contributed by atoms with Crippen LogP contribution in [0.3, 0.4) is 0 Å². The van der Waals surface area contributed by atoms with Crippen LogP contribution in [-0.4, -0.2) is 24.0 Å². The van der Waals surface area contributed by atoms with Gasteiger partial charge in [-0.25, -0.2) is 4.98 Å². The Kier molecular flexibility index (Phi) is 8.02. The number of nitrogens with one attached hydrogen (secondary N) is 1. The first-order valence-corrected chi connectivity index (χ1v) is 8.21. The molecule has 0 aliphatic rings. The molecule has 3 N–H and O–H groups in total. The van der Waals surface area contributed by atoms with Gasteiger partial charge in [0.1, 0.15) is 5.75 Å². The summed E-state index contributed by atoms with van der Waals surface area (Å²) in [6.45, 7) is 4.90. The van der Waals surface area contributed by atoms with Crippen molar-refractivity contribution in [2.45, 2.75) is 20.3 Å². The van der Waals surface area contributed by atoms with Gasteiger partial charge in [-0.3, -0.25) is 4.79 Å². The average molecular weight is 356 g/mol. The summed E-state index contributed by atoms with van der Waals surface area (Å²) in [6.07, 6.45) is 0.984. The van der Waals surface area contributed by atoms with Gasteiger partial charge < -0.3 is 15.8 Å². The Labute approximate surface area is 146 Å². The molecule has 2 rings (SSSR count). The van der Waals surface area contributed by atoms with E-state index in [-0.39, 0.29) is 24.2 Å². The van der Waals surface area contributed by atoms with Crippen molar-refractivity contribution in [3.05, 3.63) is 29.6 Å². The normalized spacial score (nSPS) is 11.4. The smallest absolute Gasteiger partial charge is 0.230 e. The number of anilines is 1.